The van der Waals surface area contributed by atoms with Gasteiger partial charge in [-0.05, 0) is 38.1 Å². The molecule has 0 spiro atoms. The average Bonchev–Trinajstić information content (AvgIpc) is 3.03. The van der Waals surface area contributed by atoms with Crippen LogP contribution in [-0.4, -0.2) is 49.3 Å². The summed E-state index contributed by atoms with van der Waals surface area (Å²) in [5.74, 6) is 3.09. The molecule has 10 nitrogen and oxygen atoms in total. The van der Waals surface area contributed by atoms with Gasteiger partial charge in [0.1, 0.15) is 23.0 Å². The zero-order valence-corrected chi connectivity index (χ0v) is 25.5. The van der Waals surface area contributed by atoms with Crippen LogP contribution in [0.1, 0.15) is 48.2 Å². The molecule has 0 unspecified atom stereocenters. The van der Waals surface area contributed by atoms with Gasteiger partial charge in [-0.2, -0.15) is 0 Å². The van der Waals surface area contributed by atoms with Gasteiger partial charge in [0.05, 0.1) is 12.1 Å². The predicted octanol–water partition coefficient (Wildman–Crippen LogP) is 6.09. The van der Waals surface area contributed by atoms with Crippen LogP contribution in [0.5, 0.6) is 23.0 Å². The van der Waals surface area contributed by atoms with E-state index in [0.717, 1.165) is 45.3 Å². The summed E-state index contributed by atoms with van der Waals surface area (Å²) in [7, 11) is 5.38. The van der Waals surface area contributed by atoms with E-state index in [1.54, 1.807) is 12.1 Å². The number of para-hydroxylation sites is 4. The molecule has 10 heteroatoms. The third-order valence-electron chi connectivity index (χ3n) is 7.27. The third kappa shape index (κ3) is 6.77. The normalized spacial score (nSPS) is 13.1. The standard InChI is InChI=1S/2C17H19N3O2/c1-19(2)20(3)17(21)18-16-12-8-4-6-10-14(12)22-15-11-7-5-9-13(15)16;1-11(2)19-20-17(21)18-16-12-7-3-5-9-14(12)22-15-10-6-4-8-13(15)16/h4-11,16H,1-3H3,(H,18,21);3-11,16,19H,1-2H3,(H2,18,20,21). The Bertz CT molecular complexity index is 1530. The molecule has 2 aliphatic rings. The van der Waals surface area contributed by atoms with E-state index in [1.165, 1.54) is 5.01 Å². The average molecular weight is 595 g/mol. The quantitative estimate of drug-likeness (QED) is 0.208. The van der Waals surface area contributed by atoms with Gasteiger partial charge < -0.3 is 20.1 Å². The van der Waals surface area contributed by atoms with Crippen LogP contribution in [0.3, 0.4) is 0 Å². The lowest BCUT2D eigenvalue weighted by atomic mass is 9.95. The largest absolute Gasteiger partial charge is 0.457 e. The Balaban J connectivity index is 0.000000175. The number of hydrogen-bond acceptors (Lipinski definition) is 6. The zero-order chi connectivity index (χ0) is 31.2. The smallest absolute Gasteiger partial charge is 0.332 e. The molecular formula is C34H38N6O4. The Kier molecular flexibility index (Phi) is 9.32. The molecule has 0 bridgehead atoms. The van der Waals surface area contributed by atoms with Crippen molar-refractivity contribution in [2.75, 3.05) is 21.1 Å². The maximum atomic E-state index is 12.4. The Morgan fingerprint density at radius 1 is 0.614 bits per heavy atom. The number of hydrazine groups is 2. The second kappa shape index (κ2) is 13.5. The molecule has 4 N–H and O–H groups in total. The topological polar surface area (TPSA) is 107 Å². The van der Waals surface area contributed by atoms with E-state index in [9.17, 15) is 9.59 Å². The van der Waals surface area contributed by atoms with Gasteiger partial charge in [-0.25, -0.2) is 20.0 Å². The molecule has 44 heavy (non-hydrogen) atoms. The first-order valence-electron chi connectivity index (χ1n) is 14.5. The maximum Gasteiger partial charge on any atom is 0.332 e. The fourth-order valence-corrected chi connectivity index (χ4v) is 4.91. The summed E-state index contributed by atoms with van der Waals surface area (Å²) in [6, 6.07) is 30.3. The van der Waals surface area contributed by atoms with Gasteiger partial charge in [-0.15, -0.1) is 0 Å². The highest BCUT2D eigenvalue weighted by atomic mass is 16.5. The summed E-state index contributed by atoms with van der Waals surface area (Å²) >= 11 is 0. The van der Waals surface area contributed by atoms with Crippen molar-refractivity contribution in [2.24, 2.45) is 0 Å². The van der Waals surface area contributed by atoms with Crippen molar-refractivity contribution in [3.05, 3.63) is 119 Å². The molecular weight excluding hydrogens is 556 g/mol. The zero-order valence-electron chi connectivity index (χ0n) is 25.5. The minimum absolute atomic E-state index is 0.165. The first-order chi connectivity index (χ1) is 21.2. The highest BCUT2D eigenvalue weighted by Crippen LogP contribution is 2.43. The Morgan fingerprint density at radius 2 is 0.977 bits per heavy atom. The molecule has 2 aliphatic heterocycles. The molecule has 0 radical (unpaired) electrons. The maximum absolute atomic E-state index is 12.4. The van der Waals surface area contributed by atoms with Crippen LogP contribution in [0.4, 0.5) is 9.59 Å². The van der Waals surface area contributed by atoms with Gasteiger partial charge in [0.15, 0.2) is 0 Å². The van der Waals surface area contributed by atoms with Crippen LogP contribution in [-0.2, 0) is 0 Å². The van der Waals surface area contributed by atoms with Crippen LogP contribution in [0.15, 0.2) is 97.1 Å². The summed E-state index contributed by atoms with van der Waals surface area (Å²) in [4.78, 5) is 24.5. The molecule has 0 aliphatic carbocycles. The van der Waals surface area contributed by atoms with Gasteiger partial charge >= 0.3 is 12.1 Å². The van der Waals surface area contributed by atoms with Crippen molar-refractivity contribution in [1.29, 1.82) is 0 Å². The van der Waals surface area contributed by atoms with Crippen LogP contribution in [0.25, 0.3) is 0 Å². The highest BCUT2D eigenvalue weighted by Gasteiger charge is 2.30. The second-order valence-electron chi connectivity index (χ2n) is 10.9. The van der Waals surface area contributed by atoms with E-state index in [0.29, 0.717) is 0 Å². The molecule has 0 atom stereocenters. The lowest BCUT2D eigenvalue weighted by molar-refractivity contribution is 0.0867. The monoisotopic (exact) mass is 594 g/mol. The summed E-state index contributed by atoms with van der Waals surface area (Å²) in [6.45, 7) is 3.92. The van der Waals surface area contributed by atoms with E-state index in [2.05, 4.69) is 21.5 Å². The lowest BCUT2D eigenvalue weighted by Crippen LogP contribution is -2.48. The summed E-state index contributed by atoms with van der Waals surface area (Å²) in [6.07, 6.45) is 0. The molecule has 6 rings (SSSR count). The summed E-state index contributed by atoms with van der Waals surface area (Å²) in [5, 5.41) is 9.33. The number of carbonyl (C=O) groups excluding carboxylic acids is 2. The first-order valence-corrected chi connectivity index (χ1v) is 14.5. The van der Waals surface area contributed by atoms with Gasteiger partial charge in [-0.1, -0.05) is 72.8 Å². The minimum atomic E-state index is -0.273. The van der Waals surface area contributed by atoms with E-state index in [4.69, 9.17) is 9.47 Å². The Morgan fingerprint density at radius 3 is 1.34 bits per heavy atom. The lowest BCUT2D eigenvalue weighted by Gasteiger charge is -2.31. The second-order valence-corrected chi connectivity index (χ2v) is 10.9. The van der Waals surface area contributed by atoms with Crippen molar-refractivity contribution in [3.63, 3.8) is 0 Å². The Labute approximate surface area is 257 Å². The number of nitrogens with one attached hydrogen (secondary N) is 4. The first kappa shape index (κ1) is 30.4. The van der Waals surface area contributed by atoms with Gasteiger partial charge in [-0.3, -0.25) is 10.4 Å². The third-order valence-corrected chi connectivity index (χ3v) is 7.27. The van der Waals surface area contributed by atoms with Crippen LogP contribution < -0.4 is 31.0 Å². The number of nitrogens with zero attached hydrogens (tertiary/aromatic N) is 2. The Hall–Kier alpha value is -5.06. The van der Waals surface area contributed by atoms with Crippen molar-refractivity contribution in [3.8, 4) is 23.0 Å². The van der Waals surface area contributed by atoms with Gasteiger partial charge in [0.2, 0.25) is 0 Å². The van der Waals surface area contributed by atoms with Crippen molar-refractivity contribution in [2.45, 2.75) is 32.0 Å². The fourth-order valence-electron chi connectivity index (χ4n) is 4.91. The number of ether oxygens (including phenoxy) is 2. The molecule has 2 heterocycles. The molecule has 228 valence electrons. The van der Waals surface area contributed by atoms with Gasteiger partial charge in [0, 0.05) is 49.4 Å². The summed E-state index contributed by atoms with van der Waals surface area (Å²) in [5.41, 5.74) is 9.35. The number of amides is 4. The minimum Gasteiger partial charge on any atom is -0.457 e. The fraction of sp³-hybridized carbons (Fsp3) is 0.235. The number of benzene rings is 4. The molecule has 4 aromatic carbocycles. The number of rotatable bonds is 5. The highest BCUT2D eigenvalue weighted by molar-refractivity contribution is 5.76. The molecule has 0 fully saturated rings. The predicted molar refractivity (Wildman–Crippen MR) is 170 cm³/mol. The molecule has 4 aromatic rings. The van der Waals surface area contributed by atoms with Crippen molar-refractivity contribution >= 4 is 12.1 Å². The number of hydrogen-bond donors (Lipinski definition) is 4. The van der Waals surface area contributed by atoms with Crippen LogP contribution in [0, 0.1) is 0 Å². The van der Waals surface area contributed by atoms with Crippen molar-refractivity contribution in [1.82, 2.24) is 31.5 Å². The van der Waals surface area contributed by atoms with Crippen molar-refractivity contribution < 1.29 is 19.1 Å². The molecule has 4 amide bonds. The molecule has 0 aromatic heterocycles. The number of carbonyl (C=O) groups is 2. The molecule has 0 saturated heterocycles. The van der Waals surface area contributed by atoms with E-state index < -0.39 is 0 Å². The van der Waals surface area contributed by atoms with E-state index in [-0.39, 0.29) is 30.2 Å². The van der Waals surface area contributed by atoms with E-state index in [1.807, 2.05) is 125 Å². The van der Waals surface area contributed by atoms with Gasteiger partial charge in [0.25, 0.3) is 0 Å². The number of urea groups is 2. The summed E-state index contributed by atoms with van der Waals surface area (Å²) < 4.78 is 11.8. The number of fused-ring (bicyclic) bond motifs is 4. The van der Waals surface area contributed by atoms with Crippen LogP contribution >= 0.6 is 0 Å². The van der Waals surface area contributed by atoms with E-state index >= 15 is 0 Å². The molecule has 0 saturated carbocycles. The van der Waals surface area contributed by atoms with Crippen LogP contribution in [0.2, 0.25) is 0 Å². The SMILES string of the molecule is CC(C)NNC(=O)NC1c2ccccc2Oc2ccccc21.CN(C)N(C)C(=O)NC1c2ccccc2Oc2ccccc21.